The number of nitrogens with zero attached hydrogens (tertiary/aromatic N) is 3. The van der Waals surface area contributed by atoms with Gasteiger partial charge in [-0.05, 0) is 62.8 Å². The molecule has 10 nitrogen and oxygen atoms in total. The molecule has 2 aromatic carbocycles. The molecular formula is C33H42FN3O7. The van der Waals surface area contributed by atoms with E-state index in [9.17, 15) is 23.9 Å². The van der Waals surface area contributed by atoms with Gasteiger partial charge in [-0.25, -0.2) is 9.18 Å². The van der Waals surface area contributed by atoms with E-state index < -0.39 is 17.2 Å². The Balaban J connectivity index is 0.00000216. The van der Waals surface area contributed by atoms with Crippen LogP contribution in [0, 0.1) is 11.7 Å². The third-order valence-electron chi connectivity index (χ3n) is 8.11. The fourth-order valence-corrected chi connectivity index (χ4v) is 5.67. The van der Waals surface area contributed by atoms with Crippen LogP contribution in [0.4, 0.5) is 15.8 Å². The lowest BCUT2D eigenvalue weighted by molar-refractivity contribution is -0.132. The Bertz CT molecular complexity index is 1530. The molecule has 1 aromatic heterocycles. The first-order chi connectivity index (χ1) is 21.2. The molecule has 2 fully saturated rings. The zero-order chi connectivity index (χ0) is 32.0. The molecule has 2 aliphatic rings. The number of carboxylic acid groups (broad SMARTS) is 1. The maximum absolute atomic E-state index is 14.8. The van der Waals surface area contributed by atoms with E-state index in [1.807, 2.05) is 29.4 Å². The second-order valence-electron chi connectivity index (χ2n) is 11.1. The van der Waals surface area contributed by atoms with Gasteiger partial charge in [-0.15, -0.1) is 0 Å². The van der Waals surface area contributed by atoms with Crippen LogP contribution in [0.15, 0.2) is 41.3 Å². The third kappa shape index (κ3) is 7.09. The van der Waals surface area contributed by atoms with Crippen molar-refractivity contribution in [3.8, 4) is 11.5 Å². The van der Waals surface area contributed by atoms with Crippen molar-refractivity contribution in [2.24, 2.45) is 5.92 Å². The Hall–Kier alpha value is -4.28. The molecule has 3 aromatic rings. The second-order valence-corrected chi connectivity index (χ2v) is 11.1. The molecule has 1 unspecified atom stereocenters. The number of likely N-dealkylation sites (N-methyl/N-ethyl adjacent to an activating group) is 1. The van der Waals surface area contributed by atoms with Gasteiger partial charge in [0.05, 0.1) is 36.9 Å². The van der Waals surface area contributed by atoms with Crippen LogP contribution < -0.4 is 24.7 Å². The summed E-state index contributed by atoms with van der Waals surface area (Å²) in [6, 6.07) is 8.50. The van der Waals surface area contributed by atoms with Gasteiger partial charge in [-0.1, -0.05) is 13.8 Å². The van der Waals surface area contributed by atoms with Crippen molar-refractivity contribution in [2.45, 2.75) is 58.6 Å². The molecule has 238 valence electrons. The number of hydrogen-bond donors (Lipinski definition) is 1. The van der Waals surface area contributed by atoms with Crippen LogP contribution in [-0.2, 0) is 9.53 Å². The molecule has 0 amide bonds. The minimum Gasteiger partial charge on any atom is -0.492 e. The van der Waals surface area contributed by atoms with Crippen LogP contribution in [0.25, 0.3) is 10.9 Å². The van der Waals surface area contributed by atoms with E-state index in [2.05, 4.69) is 4.90 Å². The summed E-state index contributed by atoms with van der Waals surface area (Å²) in [5, 5.41) is 9.91. The number of carbonyl (C=O) groups is 2. The molecule has 1 aliphatic heterocycles. The molecule has 11 heteroatoms. The van der Waals surface area contributed by atoms with E-state index in [0.717, 1.165) is 44.5 Å². The summed E-state index contributed by atoms with van der Waals surface area (Å²) in [6.45, 7) is 8.45. The first kappa shape index (κ1) is 32.6. The van der Waals surface area contributed by atoms with Crippen LogP contribution in [-0.4, -0.2) is 68.6 Å². The summed E-state index contributed by atoms with van der Waals surface area (Å²) in [4.78, 5) is 39.2. The third-order valence-corrected chi connectivity index (χ3v) is 8.11. The number of aromatic carboxylic acids is 1. The lowest BCUT2D eigenvalue weighted by Gasteiger charge is -2.34. The number of rotatable bonds is 12. The van der Waals surface area contributed by atoms with Crippen LogP contribution >= 0.6 is 0 Å². The molecule has 5 rings (SSSR count). The highest BCUT2D eigenvalue weighted by Crippen LogP contribution is 2.43. The highest BCUT2D eigenvalue weighted by Gasteiger charge is 2.30. The van der Waals surface area contributed by atoms with E-state index >= 15 is 0 Å². The standard InChI is InChI=1S/C31H36FN3O7.C2H6/c1-19(42-18-36)15-33(2)22-6-9-27(25(32)14-22)41-17-20-10-12-34(13-11-20)26-8-7-23-28(30(26)40-3)35(21-4-5-21)16-24(29(23)37)31(38)39;1-2/h6-9,14,16,18-21H,4-5,10-13,15,17H2,1-3H3,(H,38,39);1-2H3. The first-order valence-electron chi connectivity index (χ1n) is 15.2. The lowest BCUT2D eigenvalue weighted by Crippen LogP contribution is -2.36. The van der Waals surface area contributed by atoms with Gasteiger partial charge in [0, 0.05) is 44.1 Å². The number of benzene rings is 2. The van der Waals surface area contributed by atoms with Gasteiger partial charge in [-0.2, -0.15) is 0 Å². The second kappa shape index (κ2) is 14.5. The maximum atomic E-state index is 14.8. The fraction of sp³-hybridized carbons (Fsp3) is 0.485. The minimum absolute atomic E-state index is 0.146. The van der Waals surface area contributed by atoms with Gasteiger partial charge in [0.2, 0.25) is 5.43 Å². The van der Waals surface area contributed by atoms with Crippen LogP contribution in [0.5, 0.6) is 11.5 Å². The van der Waals surface area contributed by atoms with Crippen molar-refractivity contribution in [3.63, 3.8) is 0 Å². The quantitative estimate of drug-likeness (QED) is 0.266. The number of pyridine rings is 1. The Kier molecular flexibility index (Phi) is 10.7. The Labute approximate surface area is 256 Å². The van der Waals surface area contributed by atoms with E-state index in [1.54, 1.807) is 39.3 Å². The Morgan fingerprint density at radius 1 is 1.16 bits per heavy atom. The summed E-state index contributed by atoms with van der Waals surface area (Å²) in [6.07, 6.45) is 4.63. The number of carboxylic acids is 1. The predicted molar refractivity (Wildman–Crippen MR) is 168 cm³/mol. The SMILES string of the molecule is CC.COc1c(N2CCC(COc3ccc(N(C)CC(C)OC=O)cc3F)CC2)ccc2c(=O)c(C(=O)O)cn(C3CC3)c12. The van der Waals surface area contributed by atoms with Crippen molar-refractivity contribution in [1.82, 2.24) is 4.57 Å². The van der Waals surface area contributed by atoms with Gasteiger partial charge in [0.25, 0.3) is 6.47 Å². The highest BCUT2D eigenvalue weighted by molar-refractivity contribution is 5.97. The summed E-state index contributed by atoms with van der Waals surface area (Å²) >= 11 is 0. The zero-order valence-corrected chi connectivity index (χ0v) is 26.0. The summed E-state index contributed by atoms with van der Waals surface area (Å²) < 4.78 is 33.3. The summed E-state index contributed by atoms with van der Waals surface area (Å²) in [7, 11) is 3.37. The van der Waals surface area contributed by atoms with Crippen molar-refractivity contribution in [3.05, 3.63) is 58.1 Å². The number of hydrogen-bond acceptors (Lipinski definition) is 8. The first-order valence-corrected chi connectivity index (χ1v) is 15.2. The molecule has 1 aliphatic carbocycles. The molecule has 1 saturated carbocycles. The summed E-state index contributed by atoms with van der Waals surface area (Å²) in [5.41, 5.74) is 1.41. The molecule has 1 saturated heterocycles. The lowest BCUT2D eigenvalue weighted by atomic mass is 9.97. The highest BCUT2D eigenvalue weighted by atomic mass is 19.1. The number of ether oxygens (including phenoxy) is 3. The van der Waals surface area contributed by atoms with Gasteiger partial charge >= 0.3 is 5.97 Å². The molecule has 2 heterocycles. The molecule has 1 N–H and O–H groups in total. The molecule has 44 heavy (non-hydrogen) atoms. The Morgan fingerprint density at radius 3 is 2.45 bits per heavy atom. The van der Waals surface area contributed by atoms with E-state index in [-0.39, 0.29) is 29.4 Å². The monoisotopic (exact) mass is 611 g/mol. The largest absolute Gasteiger partial charge is 0.492 e. The maximum Gasteiger partial charge on any atom is 0.341 e. The van der Waals surface area contributed by atoms with Gasteiger partial charge < -0.3 is 33.7 Å². The van der Waals surface area contributed by atoms with Gasteiger partial charge in [-0.3, -0.25) is 9.59 Å². The van der Waals surface area contributed by atoms with Crippen LogP contribution in [0.2, 0.25) is 0 Å². The number of aromatic nitrogens is 1. The van der Waals surface area contributed by atoms with Gasteiger partial charge in [0.1, 0.15) is 11.7 Å². The number of fused-ring (bicyclic) bond motifs is 1. The number of anilines is 2. The van der Waals surface area contributed by atoms with E-state index in [4.69, 9.17) is 14.2 Å². The smallest absolute Gasteiger partial charge is 0.341 e. The number of methoxy groups -OCH3 is 1. The number of halogens is 1. The van der Waals surface area contributed by atoms with Crippen molar-refractivity contribution in [2.75, 3.05) is 50.2 Å². The topological polar surface area (TPSA) is 111 Å². The van der Waals surface area contributed by atoms with E-state index in [1.165, 1.54) is 12.3 Å². The minimum atomic E-state index is -1.23. The van der Waals surface area contributed by atoms with Crippen LogP contribution in [0.1, 0.15) is 62.9 Å². The normalized spacial score (nSPS) is 15.6. The number of carbonyl (C=O) groups excluding carboxylic acids is 1. The van der Waals surface area contributed by atoms with E-state index in [0.29, 0.717) is 42.0 Å². The average molecular weight is 612 g/mol. The van der Waals surface area contributed by atoms with Gasteiger partial charge in [0.15, 0.2) is 17.3 Å². The van der Waals surface area contributed by atoms with Crippen molar-refractivity contribution < 1.29 is 33.3 Å². The summed E-state index contributed by atoms with van der Waals surface area (Å²) in [5.74, 6) is -0.681. The molecular weight excluding hydrogens is 569 g/mol. The van der Waals surface area contributed by atoms with Crippen LogP contribution in [0.3, 0.4) is 0 Å². The van der Waals surface area contributed by atoms with Crippen molar-refractivity contribution >= 4 is 34.7 Å². The molecule has 0 radical (unpaired) electrons. The van der Waals surface area contributed by atoms with Crippen molar-refractivity contribution in [1.29, 1.82) is 0 Å². The molecule has 0 spiro atoms. The Morgan fingerprint density at radius 2 is 1.86 bits per heavy atom. The molecule has 1 atom stereocenters. The average Bonchev–Trinajstić information content (AvgIpc) is 3.87. The molecule has 0 bridgehead atoms. The fourth-order valence-electron chi connectivity index (χ4n) is 5.67. The number of piperidine rings is 1. The zero-order valence-electron chi connectivity index (χ0n) is 26.0. The predicted octanol–water partition coefficient (Wildman–Crippen LogP) is 5.50.